The first-order valence-electron chi connectivity index (χ1n) is 10.0. The summed E-state index contributed by atoms with van der Waals surface area (Å²) >= 11 is 0. The minimum Gasteiger partial charge on any atom is -0.385 e. The average Bonchev–Trinajstić information content (AvgIpc) is 3.46. The second kappa shape index (κ2) is 12.5. The van der Waals surface area contributed by atoms with Crippen LogP contribution >= 0.6 is 0 Å². The predicted molar refractivity (Wildman–Crippen MR) is 101 cm³/mol. The van der Waals surface area contributed by atoms with Gasteiger partial charge in [-0.25, -0.2) is 0 Å². The van der Waals surface area contributed by atoms with Crippen molar-refractivity contribution in [3.05, 3.63) is 0 Å². The lowest BCUT2D eigenvalue weighted by Crippen LogP contribution is -2.47. The third-order valence-electron chi connectivity index (χ3n) is 4.68. The molecular formula is C19H37N3O3. The number of hydrogen-bond acceptors (Lipinski definition) is 4. The summed E-state index contributed by atoms with van der Waals surface area (Å²) < 4.78 is 16.7. The number of rotatable bonds is 12. The van der Waals surface area contributed by atoms with Crippen LogP contribution in [0.15, 0.2) is 4.99 Å². The Kier molecular flexibility index (Phi) is 10.2. The zero-order valence-corrected chi connectivity index (χ0v) is 16.2. The van der Waals surface area contributed by atoms with Crippen LogP contribution in [0.25, 0.3) is 0 Å². The molecule has 2 rings (SSSR count). The number of nitrogens with one attached hydrogen (secondary N) is 1. The molecule has 0 aromatic rings. The molecule has 0 aromatic carbocycles. The third-order valence-corrected chi connectivity index (χ3v) is 4.68. The van der Waals surface area contributed by atoms with Crippen molar-refractivity contribution in [1.82, 2.24) is 10.2 Å². The number of hydrogen-bond donors (Lipinski definition) is 1. The van der Waals surface area contributed by atoms with E-state index >= 15 is 0 Å². The van der Waals surface area contributed by atoms with E-state index in [4.69, 9.17) is 19.2 Å². The van der Waals surface area contributed by atoms with E-state index in [0.717, 1.165) is 90.2 Å². The molecule has 0 unspecified atom stereocenters. The highest BCUT2D eigenvalue weighted by molar-refractivity contribution is 5.80. The molecule has 6 nitrogen and oxygen atoms in total. The summed E-state index contributed by atoms with van der Waals surface area (Å²) in [6.07, 6.45) is 7.21. The van der Waals surface area contributed by atoms with Crippen LogP contribution in [0.1, 0.15) is 45.4 Å². The quantitative estimate of drug-likeness (QED) is 0.331. The molecule has 1 aliphatic carbocycles. The highest BCUT2D eigenvalue weighted by Gasteiger charge is 2.22. The minimum absolute atomic E-state index is 0.381. The fourth-order valence-corrected chi connectivity index (χ4v) is 3.00. The van der Waals surface area contributed by atoms with Gasteiger partial charge in [0, 0.05) is 59.7 Å². The first-order chi connectivity index (χ1) is 12.3. The minimum atomic E-state index is 0.381. The van der Waals surface area contributed by atoms with Crippen molar-refractivity contribution in [1.29, 1.82) is 0 Å². The van der Waals surface area contributed by atoms with E-state index in [1.807, 2.05) is 0 Å². The Hall–Kier alpha value is -0.850. The lowest BCUT2D eigenvalue weighted by molar-refractivity contribution is 0.00990. The van der Waals surface area contributed by atoms with Crippen molar-refractivity contribution >= 4 is 5.96 Å². The van der Waals surface area contributed by atoms with Crippen LogP contribution in [0.2, 0.25) is 0 Å². The van der Waals surface area contributed by atoms with E-state index in [9.17, 15) is 0 Å². The van der Waals surface area contributed by atoms with Crippen LogP contribution in [0.3, 0.4) is 0 Å². The molecule has 0 amide bonds. The molecule has 1 saturated carbocycles. The van der Waals surface area contributed by atoms with E-state index in [1.54, 1.807) is 7.11 Å². The molecule has 1 aliphatic heterocycles. The summed E-state index contributed by atoms with van der Waals surface area (Å²) in [5.74, 6) is 1.89. The van der Waals surface area contributed by atoms with Gasteiger partial charge in [-0.1, -0.05) is 0 Å². The molecule has 1 saturated heterocycles. The Bertz CT molecular complexity index is 367. The lowest BCUT2D eigenvalue weighted by atomic mass is 10.1. The zero-order chi connectivity index (χ0) is 17.7. The fourth-order valence-electron chi connectivity index (χ4n) is 3.00. The first-order valence-corrected chi connectivity index (χ1v) is 10.0. The van der Waals surface area contributed by atoms with Gasteiger partial charge >= 0.3 is 0 Å². The molecule has 146 valence electrons. The second-order valence-electron chi connectivity index (χ2n) is 7.01. The number of aliphatic imine (C=N–C) groups is 1. The molecule has 0 spiro atoms. The van der Waals surface area contributed by atoms with Crippen LogP contribution in [-0.4, -0.2) is 76.7 Å². The van der Waals surface area contributed by atoms with Crippen LogP contribution in [0.4, 0.5) is 0 Å². The van der Waals surface area contributed by atoms with E-state index in [1.165, 1.54) is 12.8 Å². The number of piperidine rings is 1. The molecule has 0 bridgehead atoms. The van der Waals surface area contributed by atoms with Gasteiger partial charge in [-0.3, -0.25) is 4.99 Å². The highest BCUT2D eigenvalue weighted by Crippen LogP contribution is 2.28. The largest absolute Gasteiger partial charge is 0.385 e. The van der Waals surface area contributed by atoms with Gasteiger partial charge in [0.25, 0.3) is 0 Å². The lowest BCUT2D eigenvalue weighted by Gasteiger charge is -2.34. The smallest absolute Gasteiger partial charge is 0.193 e. The van der Waals surface area contributed by atoms with Gasteiger partial charge in [0.15, 0.2) is 5.96 Å². The summed E-state index contributed by atoms with van der Waals surface area (Å²) in [5, 5.41) is 3.42. The molecule has 1 N–H and O–H groups in total. The maximum absolute atomic E-state index is 5.94. The standard InChI is InChI=1S/C19H37N3O3/c1-3-20-19(21-10-4-14-24-16-17-6-7-17)22-11-8-18(9-12-22)25-15-5-13-23-2/h17-18H,3-16H2,1-2H3,(H,20,21). The summed E-state index contributed by atoms with van der Waals surface area (Å²) in [6, 6.07) is 0. The predicted octanol–water partition coefficient (Wildman–Crippen LogP) is 2.29. The van der Waals surface area contributed by atoms with E-state index in [2.05, 4.69) is 17.1 Å². The van der Waals surface area contributed by atoms with E-state index < -0.39 is 0 Å². The molecule has 25 heavy (non-hydrogen) atoms. The number of ether oxygens (including phenoxy) is 3. The summed E-state index contributed by atoms with van der Waals surface area (Å²) in [6.45, 7) is 9.25. The molecule has 6 heteroatoms. The Morgan fingerprint density at radius 2 is 1.88 bits per heavy atom. The van der Waals surface area contributed by atoms with Crippen molar-refractivity contribution in [2.75, 3.05) is 59.7 Å². The van der Waals surface area contributed by atoms with Crippen LogP contribution in [0.5, 0.6) is 0 Å². The van der Waals surface area contributed by atoms with Crippen molar-refractivity contribution < 1.29 is 14.2 Å². The molecule has 0 aromatic heterocycles. The van der Waals surface area contributed by atoms with Gasteiger partial charge in [0.05, 0.1) is 6.10 Å². The van der Waals surface area contributed by atoms with Crippen molar-refractivity contribution in [3.8, 4) is 0 Å². The second-order valence-corrected chi connectivity index (χ2v) is 7.01. The summed E-state index contributed by atoms with van der Waals surface area (Å²) in [4.78, 5) is 7.14. The number of nitrogens with zero attached hydrogens (tertiary/aromatic N) is 2. The zero-order valence-electron chi connectivity index (χ0n) is 16.2. The number of guanidine groups is 1. The monoisotopic (exact) mass is 355 g/mol. The Morgan fingerprint density at radius 3 is 2.56 bits per heavy atom. The summed E-state index contributed by atoms with van der Waals surface area (Å²) in [7, 11) is 1.74. The van der Waals surface area contributed by atoms with Crippen LogP contribution < -0.4 is 5.32 Å². The molecular weight excluding hydrogens is 318 g/mol. The van der Waals surface area contributed by atoms with Crippen molar-refractivity contribution in [2.24, 2.45) is 10.9 Å². The number of methoxy groups -OCH3 is 1. The molecule has 0 radical (unpaired) electrons. The SMILES string of the molecule is CCNC(=NCCCOCC1CC1)N1CCC(OCCCOC)CC1. The molecule has 1 heterocycles. The maximum Gasteiger partial charge on any atom is 0.193 e. The molecule has 0 atom stereocenters. The third kappa shape index (κ3) is 8.88. The summed E-state index contributed by atoms with van der Waals surface area (Å²) in [5.41, 5.74) is 0. The Balaban J connectivity index is 1.60. The maximum atomic E-state index is 5.94. The topological polar surface area (TPSA) is 55.3 Å². The Morgan fingerprint density at radius 1 is 1.08 bits per heavy atom. The van der Waals surface area contributed by atoms with Gasteiger partial charge in [0.1, 0.15) is 0 Å². The first kappa shape index (κ1) is 20.5. The number of likely N-dealkylation sites (tertiary alicyclic amines) is 1. The van der Waals surface area contributed by atoms with Gasteiger partial charge < -0.3 is 24.4 Å². The fraction of sp³-hybridized carbons (Fsp3) is 0.947. The molecule has 2 fully saturated rings. The van der Waals surface area contributed by atoms with Crippen molar-refractivity contribution in [2.45, 2.75) is 51.6 Å². The normalized spacial score (nSPS) is 19.4. The van der Waals surface area contributed by atoms with Gasteiger partial charge in [-0.2, -0.15) is 0 Å². The van der Waals surface area contributed by atoms with Crippen LogP contribution in [0, 0.1) is 5.92 Å². The van der Waals surface area contributed by atoms with E-state index in [-0.39, 0.29) is 0 Å². The van der Waals surface area contributed by atoms with Crippen LogP contribution in [-0.2, 0) is 14.2 Å². The highest BCUT2D eigenvalue weighted by atomic mass is 16.5. The average molecular weight is 356 g/mol. The van der Waals surface area contributed by atoms with Gasteiger partial charge in [0.2, 0.25) is 0 Å². The Labute approximate surface area is 153 Å². The van der Waals surface area contributed by atoms with E-state index in [0.29, 0.717) is 6.10 Å². The molecule has 2 aliphatic rings. The van der Waals surface area contributed by atoms with Crippen molar-refractivity contribution in [3.63, 3.8) is 0 Å². The van der Waals surface area contributed by atoms with Gasteiger partial charge in [-0.05, 0) is 51.4 Å². The van der Waals surface area contributed by atoms with Gasteiger partial charge in [-0.15, -0.1) is 0 Å².